The molecule has 2 N–H and O–H groups in total. The molecule has 0 spiro atoms. The van der Waals surface area contributed by atoms with Crippen LogP contribution in [0.1, 0.15) is 21.1 Å². The van der Waals surface area contributed by atoms with Gasteiger partial charge < -0.3 is 15.4 Å². The summed E-state index contributed by atoms with van der Waals surface area (Å²) in [4.78, 5) is 21.5. The lowest BCUT2D eigenvalue weighted by Gasteiger charge is -2.05. The fraction of sp³-hybridized carbons (Fsp3) is 0.818. The van der Waals surface area contributed by atoms with Crippen molar-refractivity contribution in [2.45, 2.75) is 19.8 Å². The third-order valence-electron chi connectivity index (χ3n) is 1.82. The lowest BCUT2D eigenvalue weighted by atomic mass is 10.4. The Kier molecular flexibility index (Phi) is 12.8. The Hall–Kier alpha value is -0.400. The first-order valence-corrected chi connectivity index (χ1v) is 8.49. The van der Waals surface area contributed by atoms with Gasteiger partial charge >= 0.3 is 0 Å². The van der Waals surface area contributed by atoms with Crippen LogP contribution in [0.3, 0.4) is 0 Å². The summed E-state index contributed by atoms with van der Waals surface area (Å²) < 4.78 is 12.0. The molecule has 0 saturated carbocycles. The maximum absolute atomic E-state index is 11.2. The van der Waals surface area contributed by atoms with E-state index in [0.717, 1.165) is 24.5 Å². The molecule has 0 aliphatic rings. The SMILES string of the molecule is [3H]C(=O)NCCSSCCOCCC(=O)NCCC. The van der Waals surface area contributed by atoms with Crippen molar-refractivity contribution >= 4 is 33.9 Å². The van der Waals surface area contributed by atoms with E-state index in [9.17, 15) is 9.59 Å². The zero-order valence-corrected chi connectivity index (χ0v) is 12.3. The van der Waals surface area contributed by atoms with Gasteiger partial charge in [0.1, 0.15) is 1.37 Å². The molecular formula is C11H22N2O3S2. The zero-order chi connectivity index (χ0) is 14.3. The molecule has 106 valence electrons. The Morgan fingerprint density at radius 2 is 2.11 bits per heavy atom. The molecule has 7 heteroatoms. The van der Waals surface area contributed by atoms with Crippen LogP contribution < -0.4 is 10.6 Å². The van der Waals surface area contributed by atoms with Crippen molar-refractivity contribution in [3.05, 3.63) is 0 Å². The molecule has 0 bridgehead atoms. The van der Waals surface area contributed by atoms with E-state index in [2.05, 4.69) is 10.6 Å². The molecule has 0 atom stereocenters. The standard InChI is InChI=1S/C11H22N2O3S2/c1-2-4-13-11(15)3-6-16-7-9-18-17-8-5-12-10-14/h10H,2-9H2,1H3,(H,12,14)(H,13,15)/i10T. The number of nitrogens with one attached hydrogen (secondary N) is 2. The van der Waals surface area contributed by atoms with Gasteiger partial charge in [0.25, 0.3) is 0 Å². The van der Waals surface area contributed by atoms with Crippen molar-refractivity contribution in [3.8, 4) is 0 Å². The lowest BCUT2D eigenvalue weighted by molar-refractivity contribution is -0.122. The second kappa shape index (κ2) is 14.7. The molecule has 0 aromatic carbocycles. The summed E-state index contributed by atoms with van der Waals surface area (Å²) in [5.41, 5.74) is 0. The number of carbonyl (C=O) groups excluding carboxylic acids is 2. The van der Waals surface area contributed by atoms with Crippen LogP contribution in [-0.4, -0.2) is 50.1 Å². The highest BCUT2D eigenvalue weighted by Gasteiger charge is 1.99. The van der Waals surface area contributed by atoms with E-state index in [1.165, 1.54) is 0 Å². The number of hydrogen-bond donors (Lipinski definition) is 2. The van der Waals surface area contributed by atoms with E-state index in [4.69, 9.17) is 6.11 Å². The van der Waals surface area contributed by atoms with E-state index in [1.54, 1.807) is 21.6 Å². The number of rotatable bonds is 12. The van der Waals surface area contributed by atoms with E-state index in [1.807, 2.05) is 6.92 Å². The highest BCUT2D eigenvalue weighted by Crippen LogP contribution is 2.19. The van der Waals surface area contributed by atoms with Crippen LogP contribution in [0.25, 0.3) is 0 Å². The first kappa shape index (κ1) is 15.7. The minimum absolute atomic E-state index is 0.0370. The normalized spacial score (nSPS) is 10.8. The molecule has 0 heterocycles. The summed E-state index contributed by atoms with van der Waals surface area (Å²) in [6, 6.07) is 0. The van der Waals surface area contributed by atoms with Gasteiger partial charge in [-0.2, -0.15) is 0 Å². The third-order valence-corrected chi connectivity index (χ3v) is 4.19. The second-order valence-electron chi connectivity index (χ2n) is 3.39. The molecule has 0 radical (unpaired) electrons. The minimum Gasteiger partial charge on any atom is -0.380 e. The fourth-order valence-electron chi connectivity index (χ4n) is 0.974. The molecule has 0 aliphatic carbocycles. The fourth-order valence-corrected chi connectivity index (χ4v) is 2.74. The van der Waals surface area contributed by atoms with Crippen LogP contribution in [0.4, 0.5) is 0 Å². The molecule has 5 nitrogen and oxygen atoms in total. The lowest BCUT2D eigenvalue weighted by Crippen LogP contribution is -2.25. The number of amides is 2. The van der Waals surface area contributed by atoms with Crippen molar-refractivity contribution in [3.63, 3.8) is 0 Å². The highest BCUT2D eigenvalue weighted by atomic mass is 33.1. The van der Waals surface area contributed by atoms with Crippen molar-refractivity contribution in [2.24, 2.45) is 0 Å². The molecule has 0 aliphatic heterocycles. The monoisotopic (exact) mass is 296 g/mol. The van der Waals surface area contributed by atoms with Crippen LogP contribution in [0.2, 0.25) is 0 Å². The van der Waals surface area contributed by atoms with Crippen molar-refractivity contribution in [2.75, 3.05) is 37.8 Å². The topological polar surface area (TPSA) is 67.4 Å². The molecule has 0 aromatic heterocycles. The van der Waals surface area contributed by atoms with Gasteiger partial charge in [-0.3, -0.25) is 9.59 Å². The quantitative estimate of drug-likeness (QED) is 0.320. The zero-order valence-electron chi connectivity index (χ0n) is 11.7. The molecule has 0 rings (SSSR count). The summed E-state index contributed by atoms with van der Waals surface area (Å²) in [5.74, 6) is 1.65. The first-order valence-electron chi connectivity index (χ1n) is 6.50. The van der Waals surface area contributed by atoms with Gasteiger partial charge in [0, 0.05) is 31.0 Å². The Labute approximate surface area is 118 Å². The molecule has 2 amide bonds. The molecular weight excluding hydrogens is 272 g/mol. The van der Waals surface area contributed by atoms with Gasteiger partial charge in [-0.05, 0) is 6.42 Å². The summed E-state index contributed by atoms with van der Waals surface area (Å²) in [6.07, 6.45) is 0.615. The van der Waals surface area contributed by atoms with Crippen molar-refractivity contribution in [1.29, 1.82) is 0 Å². The third kappa shape index (κ3) is 13.7. The molecule has 0 unspecified atom stereocenters. The molecule has 0 aromatic rings. The van der Waals surface area contributed by atoms with E-state index in [0.29, 0.717) is 26.2 Å². The summed E-state index contributed by atoms with van der Waals surface area (Å²) in [7, 11) is 3.29. The molecule has 0 saturated heterocycles. The van der Waals surface area contributed by atoms with E-state index in [-0.39, 0.29) is 5.91 Å². The van der Waals surface area contributed by atoms with Crippen LogP contribution >= 0.6 is 21.6 Å². The van der Waals surface area contributed by atoms with Gasteiger partial charge in [0.05, 0.1) is 13.2 Å². The Bertz CT molecular complexity index is 258. The molecule has 18 heavy (non-hydrogen) atoms. The summed E-state index contributed by atoms with van der Waals surface area (Å²) in [6.45, 7) is 4.32. The first-order chi connectivity index (χ1) is 9.16. The maximum Gasteiger partial charge on any atom is 0.222 e. The molecule has 0 fully saturated rings. The average Bonchev–Trinajstić information content (AvgIpc) is 2.38. The summed E-state index contributed by atoms with van der Waals surface area (Å²) >= 11 is 0. The smallest absolute Gasteiger partial charge is 0.222 e. The highest BCUT2D eigenvalue weighted by molar-refractivity contribution is 8.76. The van der Waals surface area contributed by atoms with Crippen LogP contribution in [0.5, 0.6) is 0 Å². The van der Waals surface area contributed by atoms with Crippen LogP contribution in [0, 0.1) is 0 Å². The largest absolute Gasteiger partial charge is 0.380 e. The van der Waals surface area contributed by atoms with Crippen LogP contribution in [-0.2, 0) is 14.3 Å². The Morgan fingerprint density at radius 1 is 1.33 bits per heavy atom. The van der Waals surface area contributed by atoms with E-state index >= 15 is 0 Å². The second-order valence-corrected chi connectivity index (χ2v) is 6.09. The van der Waals surface area contributed by atoms with Crippen LogP contribution in [0.15, 0.2) is 0 Å². The Balaban J connectivity index is 3.10. The number of ether oxygens (including phenoxy) is 1. The van der Waals surface area contributed by atoms with Gasteiger partial charge in [-0.25, -0.2) is 0 Å². The minimum atomic E-state index is -0.740. The van der Waals surface area contributed by atoms with Gasteiger partial charge in [-0.1, -0.05) is 28.5 Å². The predicted octanol–water partition coefficient (Wildman–Crippen LogP) is 1.05. The van der Waals surface area contributed by atoms with E-state index < -0.39 is 6.39 Å². The van der Waals surface area contributed by atoms with Gasteiger partial charge in [-0.15, -0.1) is 0 Å². The summed E-state index contributed by atoms with van der Waals surface area (Å²) in [5, 5.41) is 5.19. The van der Waals surface area contributed by atoms with Gasteiger partial charge in [0.15, 0.2) is 0 Å². The number of carbonyl (C=O) groups is 2. The van der Waals surface area contributed by atoms with Crippen molar-refractivity contribution < 1.29 is 15.7 Å². The Morgan fingerprint density at radius 3 is 2.83 bits per heavy atom. The predicted molar refractivity (Wildman–Crippen MR) is 77.7 cm³/mol. The maximum atomic E-state index is 11.2. The average molecular weight is 296 g/mol. The van der Waals surface area contributed by atoms with Gasteiger partial charge in [0.2, 0.25) is 12.3 Å². The number of hydrogen-bond acceptors (Lipinski definition) is 5. The van der Waals surface area contributed by atoms with Crippen molar-refractivity contribution in [1.82, 2.24) is 10.6 Å².